The summed E-state index contributed by atoms with van der Waals surface area (Å²) in [7, 11) is 0. The average Bonchev–Trinajstić information content (AvgIpc) is 2.53. The molecule has 0 radical (unpaired) electrons. The zero-order chi connectivity index (χ0) is 15.2. The topological polar surface area (TPSA) is 35.2 Å². The fraction of sp³-hybridized carbons (Fsp3) is 0.684. The highest BCUT2D eigenvalue weighted by atomic mass is 16.5. The number of benzene rings is 1. The quantitative estimate of drug-likeness (QED) is 0.816. The molecule has 2 rings (SSSR count). The van der Waals surface area contributed by atoms with E-state index in [4.69, 9.17) is 10.5 Å². The first-order valence-corrected chi connectivity index (χ1v) is 8.60. The third-order valence-electron chi connectivity index (χ3n) is 4.82. The molecule has 0 bridgehead atoms. The second-order valence-electron chi connectivity index (χ2n) is 6.67. The molecule has 118 valence electrons. The first-order chi connectivity index (χ1) is 10.1. The predicted octanol–water partition coefficient (Wildman–Crippen LogP) is 4.80. The SMILES string of the molecule is CCOC(C1CCCCC1)C(N)c1ccc(C(C)C)cc1. The van der Waals surface area contributed by atoms with Gasteiger partial charge in [-0.2, -0.15) is 0 Å². The van der Waals surface area contributed by atoms with Gasteiger partial charge in [0.2, 0.25) is 0 Å². The van der Waals surface area contributed by atoms with Gasteiger partial charge in [-0.3, -0.25) is 0 Å². The fourth-order valence-corrected chi connectivity index (χ4v) is 3.48. The predicted molar refractivity (Wildman–Crippen MR) is 89.4 cm³/mol. The Kier molecular flexibility index (Phi) is 6.25. The van der Waals surface area contributed by atoms with Crippen LogP contribution in [-0.4, -0.2) is 12.7 Å². The van der Waals surface area contributed by atoms with Crippen LogP contribution in [0.1, 0.15) is 76.0 Å². The van der Waals surface area contributed by atoms with Gasteiger partial charge in [0.1, 0.15) is 0 Å². The second-order valence-corrected chi connectivity index (χ2v) is 6.67. The Balaban J connectivity index is 2.10. The molecule has 2 atom stereocenters. The molecular weight excluding hydrogens is 258 g/mol. The van der Waals surface area contributed by atoms with Crippen LogP contribution in [0.15, 0.2) is 24.3 Å². The summed E-state index contributed by atoms with van der Waals surface area (Å²) in [5.74, 6) is 1.19. The van der Waals surface area contributed by atoms with E-state index in [-0.39, 0.29) is 12.1 Å². The van der Waals surface area contributed by atoms with Gasteiger partial charge >= 0.3 is 0 Å². The molecule has 2 N–H and O–H groups in total. The smallest absolute Gasteiger partial charge is 0.0795 e. The lowest BCUT2D eigenvalue weighted by Gasteiger charge is -2.34. The first-order valence-electron chi connectivity index (χ1n) is 8.60. The van der Waals surface area contributed by atoms with Crippen LogP contribution >= 0.6 is 0 Å². The van der Waals surface area contributed by atoms with E-state index in [9.17, 15) is 0 Å². The standard InChI is InChI=1S/C19H31NO/c1-4-21-19(17-8-6-5-7-9-17)18(20)16-12-10-15(11-13-16)14(2)3/h10-14,17-19H,4-9,20H2,1-3H3. The summed E-state index contributed by atoms with van der Waals surface area (Å²) in [5.41, 5.74) is 9.14. The van der Waals surface area contributed by atoms with E-state index in [1.54, 1.807) is 0 Å². The summed E-state index contributed by atoms with van der Waals surface area (Å²) >= 11 is 0. The molecule has 1 saturated carbocycles. The van der Waals surface area contributed by atoms with Crippen molar-refractivity contribution in [2.75, 3.05) is 6.61 Å². The third-order valence-corrected chi connectivity index (χ3v) is 4.82. The molecule has 2 heteroatoms. The molecule has 0 amide bonds. The number of ether oxygens (including phenoxy) is 1. The summed E-state index contributed by atoms with van der Waals surface area (Å²) in [6, 6.07) is 8.80. The van der Waals surface area contributed by atoms with Gasteiger partial charge < -0.3 is 10.5 Å². The molecule has 0 aliphatic heterocycles. The number of rotatable bonds is 6. The molecule has 0 spiro atoms. The highest BCUT2D eigenvalue weighted by Gasteiger charge is 2.29. The Labute approximate surface area is 130 Å². The van der Waals surface area contributed by atoms with E-state index >= 15 is 0 Å². The van der Waals surface area contributed by atoms with E-state index in [0.717, 1.165) is 6.61 Å². The van der Waals surface area contributed by atoms with E-state index < -0.39 is 0 Å². The zero-order valence-corrected chi connectivity index (χ0v) is 13.8. The van der Waals surface area contributed by atoms with E-state index in [0.29, 0.717) is 11.8 Å². The Morgan fingerprint density at radius 1 is 1.05 bits per heavy atom. The van der Waals surface area contributed by atoms with Crippen LogP contribution in [0.3, 0.4) is 0 Å². The minimum absolute atomic E-state index is 0.00531. The number of hydrogen-bond acceptors (Lipinski definition) is 2. The van der Waals surface area contributed by atoms with Gasteiger partial charge in [0.15, 0.2) is 0 Å². The van der Waals surface area contributed by atoms with Crippen LogP contribution in [0.25, 0.3) is 0 Å². The van der Waals surface area contributed by atoms with Gasteiger partial charge in [-0.15, -0.1) is 0 Å². The minimum Gasteiger partial charge on any atom is -0.376 e. The van der Waals surface area contributed by atoms with Gasteiger partial charge in [-0.25, -0.2) is 0 Å². The molecule has 1 aromatic carbocycles. The summed E-state index contributed by atoms with van der Waals surface area (Å²) in [6.45, 7) is 7.27. The van der Waals surface area contributed by atoms with Gasteiger partial charge in [-0.1, -0.05) is 57.4 Å². The fourth-order valence-electron chi connectivity index (χ4n) is 3.48. The highest BCUT2D eigenvalue weighted by Crippen LogP contribution is 2.33. The molecular formula is C19H31NO. The Hall–Kier alpha value is -0.860. The van der Waals surface area contributed by atoms with Crippen LogP contribution < -0.4 is 5.73 Å². The molecule has 1 aromatic rings. The summed E-state index contributed by atoms with van der Waals surface area (Å²) in [6.07, 6.45) is 6.72. The Morgan fingerprint density at radius 2 is 1.62 bits per heavy atom. The van der Waals surface area contributed by atoms with Crippen LogP contribution in [0.4, 0.5) is 0 Å². The van der Waals surface area contributed by atoms with Crippen molar-refractivity contribution < 1.29 is 4.74 Å². The van der Waals surface area contributed by atoms with Crippen LogP contribution in [0.2, 0.25) is 0 Å². The summed E-state index contributed by atoms with van der Waals surface area (Å²) in [5, 5.41) is 0. The first kappa shape index (κ1) is 16.5. The molecule has 0 heterocycles. The maximum Gasteiger partial charge on any atom is 0.0795 e. The normalized spacial score (nSPS) is 19.7. The molecule has 21 heavy (non-hydrogen) atoms. The monoisotopic (exact) mass is 289 g/mol. The lowest BCUT2D eigenvalue weighted by Crippen LogP contribution is -2.36. The number of nitrogens with two attached hydrogens (primary N) is 1. The van der Waals surface area contributed by atoms with Crippen LogP contribution in [-0.2, 0) is 4.74 Å². The largest absolute Gasteiger partial charge is 0.376 e. The summed E-state index contributed by atoms with van der Waals surface area (Å²) < 4.78 is 6.05. The molecule has 1 aliphatic rings. The van der Waals surface area contributed by atoms with Crippen molar-refractivity contribution in [3.63, 3.8) is 0 Å². The maximum atomic E-state index is 6.56. The zero-order valence-electron chi connectivity index (χ0n) is 13.8. The highest BCUT2D eigenvalue weighted by molar-refractivity contribution is 5.27. The average molecular weight is 289 g/mol. The lowest BCUT2D eigenvalue weighted by atomic mass is 9.81. The van der Waals surface area contributed by atoms with Crippen molar-refractivity contribution in [1.82, 2.24) is 0 Å². The van der Waals surface area contributed by atoms with Gasteiger partial charge in [0.05, 0.1) is 12.1 Å². The van der Waals surface area contributed by atoms with E-state index in [1.165, 1.54) is 43.2 Å². The van der Waals surface area contributed by atoms with Crippen molar-refractivity contribution in [2.45, 2.75) is 70.9 Å². The molecule has 2 unspecified atom stereocenters. The minimum atomic E-state index is -0.00531. The lowest BCUT2D eigenvalue weighted by molar-refractivity contribution is -0.00985. The van der Waals surface area contributed by atoms with Crippen LogP contribution in [0.5, 0.6) is 0 Å². The van der Waals surface area contributed by atoms with Crippen LogP contribution in [0, 0.1) is 5.92 Å². The maximum absolute atomic E-state index is 6.56. The number of hydrogen-bond donors (Lipinski definition) is 1. The van der Waals surface area contributed by atoms with Gasteiger partial charge in [0.25, 0.3) is 0 Å². The molecule has 0 saturated heterocycles. The molecule has 1 aliphatic carbocycles. The summed E-state index contributed by atoms with van der Waals surface area (Å²) in [4.78, 5) is 0. The van der Waals surface area contributed by atoms with Crippen molar-refractivity contribution in [3.05, 3.63) is 35.4 Å². The van der Waals surface area contributed by atoms with Crippen molar-refractivity contribution in [2.24, 2.45) is 11.7 Å². The Morgan fingerprint density at radius 3 is 2.14 bits per heavy atom. The van der Waals surface area contributed by atoms with E-state index in [2.05, 4.69) is 45.0 Å². The van der Waals surface area contributed by atoms with Crippen molar-refractivity contribution in [1.29, 1.82) is 0 Å². The second kappa shape index (κ2) is 7.95. The van der Waals surface area contributed by atoms with Crippen molar-refractivity contribution in [3.8, 4) is 0 Å². The van der Waals surface area contributed by atoms with E-state index in [1.807, 2.05) is 0 Å². The third kappa shape index (κ3) is 4.31. The molecule has 1 fully saturated rings. The Bertz CT molecular complexity index is 406. The van der Waals surface area contributed by atoms with Crippen molar-refractivity contribution >= 4 is 0 Å². The molecule has 0 aromatic heterocycles. The molecule has 2 nitrogen and oxygen atoms in total. The van der Waals surface area contributed by atoms with Gasteiger partial charge in [-0.05, 0) is 42.7 Å². The van der Waals surface area contributed by atoms with Gasteiger partial charge in [0, 0.05) is 6.61 Å².